The van der Waals surface area contributed by atoms with Crippen LogP contribution in [-0.2, 0) is 20.8 Å². The van der Waals surface area contributed by atoms with Crippen LogP contribution in [0.2, 0.25) is 0 Å². The lowest BCUT2D eigenvalue weighted by Crippen LogP contribution is -2.39. The fourth-order valence-corrected chi connectivity index (χ4v) is 4.96. The number of rotatable bonds is 3. The van der Waals surface area contributed by atoms with Crippen molar-refractivity contribution in [3.05, 3.63) is 22.4 Å². The summed E-state index contributed by atoms with van der Waals surface area (Å²) in [4.78, 5) is -0.468. The summed E-state index contributed by atoms with van der Waals surface area (Å²) in [6.45, 7) is 0. The number of hydrogen-bond donors (Lipinski definition) is 2. The van der Waals surface area contributed by atoms with E-state index in [9.17, 15) is 17.0 Å². The maximum absolute atomic E-state index is 13.8. The number of benzene rings is 1. The lowest BCUT2D eigenvalue weighted by Gasteiger charge is -2.22. The standard InChI is InChI=1S/C11H14BrFN2O3S2/c12-8-5-9(13)11(6-10(8)14)20(17,18)15-7-1-3-19(16)4-2-7/h5-7,15H,1-4,14H2. The third-order valence-corrected chi connectivity index (χ3v) is 6.65. The van der Waals surface area contributed by atoms with Gasteiger partial charge in [0.25, 0.3) is 0 Å². The predicted octanol–water partition coefficient (Wildman–Crippen LogP) is 1.36. The molecule has 2 rings (SSSR count). The molecule has 1 fully saturated rings. The zero-order valence-electron chi connectivity index (χ0n) is 10.4. The van der Waals surface area contributed by atoms with E-state index in [0.29, 0.717) is 28.8 Å². The minimum atomic E-state index is -3.97. The molecule has 0 atom stereocenters. The second-order valence-electron chi connectivity index (χ2n) is 4.55. The van der Waals surface area contributed by atoms with Crippen molar-refractivity contribution in [2.24, 2.45) is 0 Å². The highest BCUT2D eigenvalue weighted by atomic mass is 79.9. The third-order valence-electron chi connectivity index (χ3n) is 3.05. The van der Waals surface area contributed by atoms with Gasteiger partial charge in [-0.3, -0.25) is 4.21 Å². The molecule has 5 nitrogen and oxygen atoms in total. The Hall–Kier alpha value is -0.510. The van der Waals surface area contributed by atoms with Crippen molar-refractivity contribution in [1.29, 1.82) is 0 Å². The van der Waals surface area contributed by atoms with Gasteiger partial charge in [-0.15, -0.1) is 0 Å². The van der Waals surface area contributed by atoms with E-state index in [2.05, 4.69) is 20.7 Å². The highest BCUT2D eigenvalue weighted by Crippen LogP contribution is 2.26. The highest BCUT2D eigenvalue weighted by Gasteiger charge is 2.26. The molecular weight excluding hydrogens is 371 g/mol. The van der Waals surface area contributed by atoms with Crippen LogP contribution >= 0.6 is 15.9 Å². The Labute approximate surface area is 127 Å². The van der Waals surface area contributed by atoms with Crippen LogP contribution in [0.25, 0.3) is 0 Å². The van der Waals surface area contributed by atoms with Crippen molar-refractivity contribution in [1.82, 2.24) is 4.72 Å². The Bertz CT molecular complexity index is 641. The van der Waals surface area contributed by atoms with Crippen LogP contribution in [0.5, 0.6) is 0 Å². The van der Waals surface area contributed by atoms with Crippen LogP contribution in [0.15, 0.2) is 21.5 Å². The fourth-order valence-electron chi connectivity index (χ4n) is 1.95. The molecule has 0 unspecified atom stereocenters. The van der Waals surface area contributed by atoms with E-state index < -0.39 is 31.5 Å². The van der Waals surface area contributed by atoms with Crippen LogP contribution < -0.4 is 10.5 Å². The van der Waals surface area contributed by atoms with Gasteiger partial charge in [0.2, 0.25) is 10.0 Å². The average molecular weight is 385 g/mol. The first-order valence-electron chi connectivity index (χ1n) is 5.91. The van der Waals surface area contributed by atoms with Crippen LogP contribution in [-0.4, -0.2) is 30.2 Å². The summed E-state index contributed by atoms with van der Waals surface area (Å²) < 4.78 is 52.1. The van der Waals surface area contributed by atoms with E-state index in [1.165, 1.54) is 0 Å². The van der Waals surface area contributed by atoms with Crippen LogP contribution in [0.3, 0.4) is 0 Å². The monoisotopic (exact) mass is 384 g/mol. The van der Waals surface area contributed by atoms with Crippen molar-refractivity contribution in [3.63, 3.8) is 0 Å². The van der Waals surface area contributed by atoms with Gasteiger partial charge in [0.15, 0.2) is 0 Å². The molecule has 1 heterocycles. The zero-order valence-corrected chi connectivity index (χ0v) is 13.7. The Morgan fingerprint density at radius 3 is 2.55 bits per heavy atom. The smallest absolute Gasteiger partial charge is 0.243 e. The number of anilines is 1. The van der Waals surface area contributed by atoms with Gasteiger partial charge in [0.05, 0.1) is 0 Å². The minimum absolute atomic E-state index is 0.150. The van der Waals surface area contributed by atoms with Crippen molar-refractivity contribution in [3.8, 4) is 0 Å². The topological polar surface area (TPSA) is 89.3 Å². The number of hydrogen-bond acceptors (Lipinski definition) is 4. The molecule has 0 aromatic heterocycles. The van der Waals surface area contributed by atoms with E-state index in [4.69, 9.17) is 5.73 Å². The number of halogens is 2. The lowest BCUT2D eigenvalue weighted by molar-refractivity contribution is 0.513. The van der Waals surface area contributed by atoms with Gasteiger partial charge in [-0.1, -0.05) is 0 Å². The minimum Gasteiger partial charge on any atom is -0.398 e. The Morgan fingerprint density at radius 1 is 1.35 bits per heavy atom. The first-order chi connectivity index (χ1) is 9.29. The lowest BCUT2D eigenvalue weighted by atomic mass is 10.2. The van der Waals surface area contributed by atoms with Crippen molar-refractivity contribution in [2.45, 2.75) is 23.8 Å². The normalized spacial score (nSPS) is 23.7. The van der Waals surface area contributed by atoms with Gasteiger partial charge in [-0.05, 0) is 40.9 Å². The van der Waals surface area contributed by atoms with Crippen molar-refractivity contribution < 1.29 is 17.0 Å². The van der Waals surface area contributed by atoms with Gasteiger partial charge in [-0.2, -0.15) is 0 Å². The van der Waals surface area contributed by atoms with E-state index in [0.717, 1.165) is 12.1 Å². The summed E-state index contributed by atoms with van der Waals surface area (Å²) in [5.41, 5.74) is 5.74. The molecule has 0 radical (unpaired) electrons. The number of sulfonamides is 1. The Kier molecular flexibility index (Phi) is 4.83. The van der Waals surface area contributed by atoms with Gasteiger partial charge >= 0.3 is 0 Å². The van der Waals surface area contributed by atoms with E-state index >= 15 is 0 Å². The summed E-state index contributed by atoms with van der Waals surface area (Å²) in [6.07, 6.45) is 0.971. The molecule has 1 aromatic carbocycles. The summed E-state index contributed by atoms with van der Waals surface area (Å²) in [5.74, 6) is 0.0500. The second-order valence-corrected chi connectivity index (χ2v) is 8.78. The molecule has 1 saturated heterocycles. The number of nitrogens with one attached hydrogen (secondary N) is 1. The van der Waals surface area contributed by atoms with E-state index in [1.807, 2.05) is 0 Å². The fraction of sp³-hybridized carbons (Fsp3) is 0.455. The zero-order chi connectivity index (χ0) is 14.9. The molecule has 20 heavy (non-hydrogen) atoms. The quantitative estimate of drug-likeness (QED) is 0.769. The molecule has 9 heteroatoms. The maximum Gasteiger partial charge on any atom is 0.243 e. The Morgan fingerprint density at radius 2 is 1.95 bits per heavy atom. The second kappa shape index (κ2) is 6.08. The van der Waals surface area contributed by atoms with Crippen molar-refractivity contribution in [2.75, 3.05) is 17.2 Å². The largest absolute Gasteiger partial charge is 0.398 e. The maximum atomic E-state index is 13.8. The molecule has 0 saturated carbocycles. The SMILES string of the molecule is Nc1cc(S(=O)(=O)NC2CCS(=O)CC2)c(F)cc1Br. The molecule has 0 aliphatic carbocycles. The van der Waals surface area contributed by atoms with Crippen LogP contribution in [0.1, 0.15) is 12.8 Å². The summed E-state index contributed by atoms with van der Waals surface area (Å²) in [5, 5.41) is 0. The van der Waals surface area contributed by atoms with Gasteiger partial charge in [-0.25, -0.2) is 17.5 Å². The molecule has 0 amide bonds. The molecule has 1 aromatic rings. The molecule has 112 valence electrons. The first-order valence-corrected chi connectivity index (χ1v) is 9.68. The predicted molar refractivity (Wildman–Crippen MR) is 79.7 cm³/mol. The van der Waals surface area contributed by atoms with Gasteiger partial charge in [0.1, 0.15) is 10.7 Å². The van der Waals surface area contributed by atoms with Crippen molar-refractivity contribution >= 4 is 42.4 Å². The molecule has 1 aliphatic heterocycles. The summed E-state index contributed by atoms with van der Waals surface area (Å²) in [7, 11) is -4.85. The van der Waals surface area contributed by atoms with Crippen LogP contribution in [0.4, 0.5) is 10.1 Å². The third kappa shape index (κ3) is 3.57. The number of nitrogen functional groups attached to an aromatic ring is 1. The van der Waals surface area contributed by atoms with E-state index in [1.54, 1.807) is 0 Å². The average Bonchev–Trinajstić information content (AvgIpc) is 2.36. The highest BCUT2D eigenvalue weighted by molar-refractivity contribution is 9.10. The first kappa shape index (κ1) is 15.9. The molecule has 1 aliphatic rings. The summed E-state index contributed by atoms with van der Waals surface area (Å²) in [6, 6.07) is 1.80. The molecular formula is C11H14BrFN2O3S2. The Balaban J connectivity index is 2.22. The van der Waals surface area contributed by atoms with E-state index in [-0.39, 0.29) is 11.7 Å². The molecule has 0 bridgehead atoms. The molecule has 0 spiro atoms. The summed E-state index contributed by atoms with van der Waals surface area (Å²) >= 11 is 3.04. The van der Waals surface area contributed by atoms with Gasteiger partial charge < -0.3 is 5.73 Å². The van der Waals surface area contributed by atoms with Crippen LogP contribution in [0, 0.1) is 5.82 Å². The van der Waals surface area contributed by atoms with Gasteiger partial charge in [0, 0.05) is 38.5 Å². The molecule has 3 N–H and O–H groups in total. The number of nitrogens with two attached hydrogens (primary N) is 1.